The van der Waals surface area contributed by atoms with Crippen molar-refractivity contribution in [3.63, 3.8) is 0 Å². The molecule has 1 aliphatic rings. The van der Waals surface area contributed by atoms with E-state index >= 15 is 0 Å². The van der Waals surface area contributed by atoms with Crippen LogP contribution in [0.5, 0.6) is 0 Å². The van der Waals surface area contributed by atoms with Crippen molar-refractivity contribution >= 4 is 5.91 Å². The van der Waals surface area contributed by atoms with Crippen LogP contribution in [0, 0.1) is 0 Å². The molecule has 0 spiro atoms. The highest BCUT2D eigenvalue weighted by Gasteiger charge is 2.28. The van der Waals surface area contributed by atoms with E-state index in [1.54, 1.807) is 0 Å². The SMILES string of the molecule is CCCC(C(=O)NN)N1CCOC(C)C1. The van der Waals surface area contributed by atoms with E-state index in [1.165, 1.54) is 0 Å². The van der Waals surface area contributed by atoms with Crippen LogP contribution in [0.4, 0.5) is 0 Å². The zero-order chi connectivity index (χ0) is 11.3. The van der Waals surface area contributed by atoms with Crippen molar-refractivity contribution in [3.05, 3.63) is 0 Å². The Bertz CT molecular complexity index is 211. The van der Waals surface area contributed by atoms with Gasteiger partial charge in [0, 0.05) is 13.1 Å². The number of hydrazine groups is 1. The van der Waals surface area contributed by atoms with Gasteiger partial charge in [-0.2, -0.15) is 0 Å². The molecule has 1 saturated heterocycles. The number of morpholine rings is 1. The van der Waals surface area contributed by atoms with Crippen LogP contribution < -0.4 is 11.3 Å². The first-order valence-corrected chi connectivity index (χ1v) is 5.55. The normalized spacial score (nSPS) is 24.9. The van der Waals surface area contributed by atoms with Crippen LogP contribution >= 0.6 is 0 Å². The minimum Gasteiger partial charge on any atom is -0.376 e. The molecule has 0 aromatic rings. The van der Waals surface area contributed by atoms with Crippen molar-refractivity contribution in [1.82, 2.24) is 10.3 Å². The Morgan fingerprint density at radius 1 is 1.73 bits per heavy atom. The third kappa shape index (κ3) is 3.44. The van der Waals surface area contributed by atoms with Crippen LogP contribution in [0.25, 0.3) is 0 Å². The smallest absolute Gasteiger partial charge is 0.251 e. The lowest BCUT2D eigenvalue weighted by molar-refractivity contribution is -0.130. The number of ether oxygens (including phenoxy) is 1. The second-order valence-corrected chi connectivity index (χ2v) is 3.99. The molecule has 1 fully saturated rings. The molecule has 0 radical (unpaired) electrons. The van der Waals surface area contributed by atoms with Gasteiger partial charge in [0.1, 0.15) is 0 Å². The van der Waals surface area contributed by atoms with Gasteiger partial charge >= 0.3 is 0 Å². The standard InChI is InChI=1S/C10H21N3O2/c1-3-4-9(10(14)12-11)13-5-6-15-8(2)7-13/h8-9H,3-7,11H2,1-2H3,(H,12,14). The maximum Gasteiger partial charge on any atom is 0.251 e. The van der Waals surface area contributed by atoms with Crippen LogP contribution in [0.2, 0.25) is 0 Å². The third-order valence-electron chi connectivity index (χ3n) is 2.72. The highest BCUT2D eigenvalue weighted by molar-refractivity contribution is 5.81. The third-order valence-corrected chi connectivity index (χ3v) is 2.72. The predicted molar refractivity (Wildman–Crippen MR) is 58.0 cm³/mol. The van der Waals surface area contributed by atoms with Gasteiger partial charge in [0.15, 0.2) is 0 Å². The average Bonchev–Trinajstić information content (AvgIpc) is 2.25. The minimum atomic E-state index is -0.105. The molecule has 0 bridgehead atoms. The molecule has 2 atom stereocenters. The van der Waals surface area contributed by atoms with Crippen LogP contribution in [-0.4, -0.2) is 42.6 Å². The Hall–Kier alpha value is -0.650. The van der Waals surface area contributed by atoms with Crippen molar-refractivity contribution < 1.29 is 9.53 Å². The Morgan fingerprint density at radius 3 is 3.00 bits per heavy atom. The van der Waals surface area contributed by atoms with Crippen LogP contribution in [0.3, 0.4) is 0 Å². The molecule has 5 nitrogen and oxygen atoms in total. The first-order valence-electron chi connectivity index (χ1n) is 5.55. The van der Waals surface area contributed by atoms with E-state index < -0.39 is 0 Å². The van der Waals surface area contributed by atoms with Gasteiger partial charge in [0.05, 0.1) is 18.8 Å². The summed E-state index contributed by atoms with van der Waals surface area (Å²) in [7, 11) is 0. The first-order chi connectivity index (χ1) is 7.19. The zero-order valence-corrected chi connectivity index (χ0v) is 9.53. The number of nitrogens with one attached hydrogen (secondary N) is 1. The molecule has 1 heterocycles. The van der Waals surface area contributed by atoms with Gasteiger partial charge in [-0.25, -0.2) is 5.84 Å². The van der Waals surface area contributed by atoms with E-state index in [2.05, 4.69) is 17.2 Å². The molecule has 0 saturated carbocycles. The lowest BCUT2D eigenvalue weighted by Crippen LogP contribution is -2.54. The molecule has 2 unspecified atom stereocenters. The first kappa shape index (κ1) is 12.4. The molecular formula is C10H21N3O2. The van der Waals surface area contributed by atoms with Gasteiger partial charge in [-0.05, 0) is 13.3 Å². The Balaban J connectivity index is 2.57. The summed E-state index contributed by atoms with van der Waals surface area (Å²) in [5.74, 6) is 5.10. The summed E-state index contributed by atoms with van der Waals surface area (Å²) in [6, 6.07) is -0.105. The molecule has 3 N–H and O–H groups in total. The lowest BCUT2D eigenvalue weighted by Gasteiger charge is -2.36. The molecule has 5 heteroatoms. The summed E-state index contributed by atoms with van der Waals surface area (Å²) >= 11 is 0. The molecule has 0 aromatic heterocycles. The van der Waals surface area contributed by atoms with Crippen LogP contribution in [0.1, 0.15) is 26.7 Å². The van der Waals surface area contributed by atoms with E-state index in [1.807, 2.05) is 6.92 Å². The van der Waals surface area contributed by atoms with Crippen molar-refractivity contribution in [2.75, 3.05) is 19.7 Å². The number of hydrogen-bond acceptors (Lipinski definition) is 4. The van der Waals surface area contributed by atoms with Crippen LogP contribution in [0.15, 0.2) is 0 Å². The molecular weight excluding hydrogens is 194 g/mol. The van der Waals surface area contributed by atoms with Gasteiger partial charge in [0.25, 0.3) is 5.91 Å². The fraction of sp³-hybridized carbons (Fsp3) is 0.900. The van der Waals surface area contributed by atoms with Gasteiger partial charge in [-0.15, -0.1) is 0 Å². The van der Waals surface area contributed by atoms with Gasteiger partial charge in [-0.1, -0.05) is 13.3 Å². The van der Waals surface area contributed by atoms with E-state index in [4.69, 9.17) is 10.6 Å². The number of hydrogen-bond donors (Lipinski definition) is 2. The molecule has 15 heavy (non-hydrogen) atoms. The number of rotatable bonds is 4. The molecule has 0 aromatic carbocycles. The highest BCUT2D eigenvalue weighted by atomic mass is 16.5. The highest BCUT2D eigenvalue weighted by Crippen LogP contribution is 2.12. The topological polar surface area (TPSA) is 67.6 Å². The summed E-state index contributed by atoms with van der Waals surface area (Å²) in [6.45, 7) is 6.40. The fourth-order valence-electron chi connectivity index (χ4n) is 1.98. The number of carbonyl (C=O) groups excluding carboxylic acids is 1. The summed E-state index contributed by atoms with van der Waals surface area (Å²) < 4.78 is 5.45. The fourth-order valence-corrected chi connectivity index (χ4v) is 1.98. The molecule has 1 rings (SSSR count). The second-order valence-electron chi connectivity index (χ2n) is 3.99. The van der Waals surface area contributed by atoms with E-state index in [-0.39, 0.29) is 18.1 Å². The largest absolute Gasteiger partial charge is 0.376 e. The summed E-state index contributed by atoms with van der Waals surface area (Å²) in [6.07, 6.45) is 2.02. The Labute approximate surface area is 90.9 Å². The lowest BCUT2D eigenvalue weighted by atomic mass is 10.1. The second kappa shape index (κ2) is 6.05. The minimum absolute atomic E-state index is 0.0917. The molecule has 1 aliphatic heterocycles. The average molecular weight is 215 g/mol. The summed E-state index contributed by atoms with van der Waals surface area (Å²) in [5.41, 5.74) is 2.24. The maximum absolute atomic E-state index is 11.6. The quantitative estimate of drug-likeness (QED) is 0.389. The van der Waals surface area contributed by atoms with Crippen molar-refractivity contribution in [1.29, 1.82) is 0 Å². The number of amides is 1. The zero-order valence-electron chi connectivity index (χ0n) is 9.53. The number of nitrogens with two attached hydrogens (primary N) is 1. The van der Waals surface area contributed by atoms with Crippen molar-refractivity contribution in [3.8, 4) is 0 Å². The predicted octanol–water partition coefficient (Wildman–Crippen LogP) is -0.134. The molecule has 88 valence electrons. The van der Waals surface area contributed by atoms with E-state index in [0.29, 0.717) is 6.61 Å². The maximum atomic E-state index is 11.6. The monoisotopic (exact) mass is 215 g/mol. The number of carbonyl (C=O) groups is 1. The van der Waals surface area contributed by atoms with Crippen LogP contribution in [-0.2, 0) is 9.53 Å². The Morgan fingerprint density at radius 2 is 2.47 bits per heavy atom. The summed E-state index contributed by atoms with van der Waals surface area (Å²) in [5, 5.41) is 0. The Kier molecular flexibility index (Phi) is 5.01. The molecule has 0 aliphatic carbocycles. The number of nitrogens with zero attached hydrogens (tertiary/aromatic N) is 1. The van der Waals surface area contributed by atoms with Crippen molar-refractivity contribution in [2.24, 2.45) is 5.84 Å². The summed E-state index contributed by atoms with van der Waals surface area (Å²) in [4.78, 5) is 13.7. The van der Waals surface area contributed by atoms with Gasteiger partial charge < -0.3 is 4.74 Å². The van der Waals surface area contributed by atoms with Gasteiger partial charge in [0.2, 0.25) is 0 Å². The van der Waals surface area contributed by atoms with E-state index in [0.717, 1.165) is 25.9 Å². The molecule has 1 amide bonds. The van der Waals surface area contributed by atoms with E-state index in [9.17, 15) is 4.79 Å². The van der Waals surface area contributed by atoms with Crippen molar-refractivity contribution in [2.45, 2.75) is 38.8 Å². The van der Waals surface area contributed by atoms with Gasteiger partial charge in [-0.3, -0.25) is 15.1 Å².